The fourth-order valence-electron chi connectivity index (χ4n) is 1.77. The number of Topliss-reactive ketones (excluding diaryl/α,β-unsaturated/α-hetero) is 1. The first kappa shape index (κ1) is 14.8. The summed E-state index contributed by atoms with van der Waals surface area (Å²) in [4.78, 5) is 22.9. The van der Waals surface area contributed by atoms with E-state index in [4.69, 9.17) is 4.74 Å². The monoisotopic (exact) mass is 283 g/mol. The number of anilines is 1. The SMILES string of the molecule is CC(=O)c1ccc(OCC(=O)Nc2ccc(C)cc2)cc1. The number of benzene rings is 2. The van der Waals surface area contributed by atoms with E-state index in [1.165, 1.54) is 6.92 Å². The van der Waals surface area contributed by atoms with Crippen molar-refractivity contribution in [2.24, 2.45) is 0 Å². The lowest BCUT2D eigenvalue weighted by Gasteiger charge is -2.08. The summed E-state index contributed by atoms with van der Waals surface area (Å²) in [6.45, 7) is 3.41. The van der Waals surface area contributed by atoms with Crippen LogP contribution in [0.3, 0.4) is 0 Å². The van der Waals surface area contributed by atoms with Crippen molar-refractivity contribution in [1.82, 2.24) is 0 Å². The van der Waals surface area contributed by atoms with Crippen LogP contribution in [0.4, 0.5) is 5.69 Å². The van der Waals surface area contributed by atoms with E-state index >= 15 is 0 Å². The number of ether oxygens (including phenoxy) is 1. The zero-order valence-electron chi connectivity index (χ0n) is 12.1. The van der Waals surface area contributed by atoms with Crippen LogP contribution in [0.5, 0.6) is 5.75 Å². The first-order chi connectivity index (χ1) is 10.0. The molecule has 0 aliphatic heterocycles. The van der Waals surface area contributed by atoms with Crippen LogP contribution in [0, 0.1) is 6.92 Å². The van der Waals surface area contributed by atoms with E-state index in [-0.39, 0.29) is 18.3 Å². The van der Waals surface area contributed by atoms with E-state index in [0.717, 1.165) is 11.3 Å². The van der Waals surface area contributed by atoms with Gasteiger partial charge in [0.15, 0.2) is 12.4 Å². The number of carbonyl (C=O) groups excluding carboxylic acids is 2. The highest BCUT2D eigenvalue weighted by Gasteiger charge is 2.04. The second-order valence-electron chi connectivity index (χ2n) is 4.78. The maximum absolute atomic E-state index is 11.8. The molecule has 0 aliphatic carbocycles. The number of aryl methyl sites for hydroxylation is 1. The lowest BCUT2D eigenvalue weighted by atomic mass is 10.1. The third kappa shape index (κ3) is 4.45. The molecule has 0 saturated carbocycles. The van der Waals surface area contributed by atoms with Crippen molar-refractivity contribution in [3.63, 3.8) is 0 Å². The van der Waals surface area contributed by atoms with Gasteiger partial charge in [0, 0.05) is 11.3 Å². The average Bonchev–Trinajstić information content (AvgIpc) is 2.48. The van der Waals surface area contributed by atoms with Crippen LogP contribution >= 0.6 is 0 Å². The van der Waals surface area contributed by atoms with Crippen molar-refractivity contribution in [1.29, 1.82) is 0 Å². The van der Waals surface area contributed by atoms with Gasteiger partial charge in [0.25, 0.3) is 5.91 Å². The van der Waals surface area contributed by atoms with E-state index in [2.05, 4.69) is 5.32 Å². The van der Waals surface area contributed by atoms with Crippen LogP contribution in [-0.4, -0.2) is 18.3 Å². The Morgan fingerprint density at radius 2 is 1.62 bits per heavy atom. The lowest BCUT2D eigenvalue weighted by molar-refractivity contribution is -0.118. The van der Waals surface area contributed by atoms with Crippen molar-refractivity contribution < 1.29 is 14.3 Å². The maximum Gasteiger partial charge on any atom is 0.262 e. The Labute approximate surface area is 123 Å². The summed E-state index contributed by atoms with van der Waals surface area (Å²) in [5, 5.41) is 2.75. The standard InChI is InChI=1S/C17H17NO3/c1-12-3-7-15(8-4-12)18-17(20)11-21-16-9-5-14(6-10-16)13(2)19/h3-10H,11H2,1-2H3,(H,18,20). The normalized spacial score (nSPS) is 10.0. The van der Waals surface area contributed by atoms with Gasteiger partial charge in [0.1, 0.15) is 5.75 Å². The van der Waals surface area contributed by atoms with Gasteiger partial charge in [-0.15, -0.1) is 0 Å². The minimum absolute atomic E-state index is 0.00124. The molecule has 2 aromatic carbocycles. The predicted molar refractivity (Wildman–Crippen MR) is 81.8 cm³/mol. The Balaban J connectivity index is 1.86. The fourth-order valence-corrected chi connectivity index (χ4v) is 1.77. The van der Waals surface area contributed by atoms with Crippen LogP contribution < -0.4 is 10.1 Å². The topological polar surface area (TPSA) is 55.4 Å². The second-order valence-corrected chi connectivity index (χ2v) is 4.78. The highest BCUT2D eigenvalue weighted by Crippen LogP contribution is 2.13. The molecule has 21 heavy (non-hydrogen) atoms. The Morgan fingerprint density at radius 1 is 1.00 bits per heavy atom. The molecule has 0 atom stereocenters. The molecule has 0 heterocycles. The Hall–Kier alpha value is -2.62. The molecule has 0 fully saturated rings. The summed E-state index contributed by atoms with van der Waals surface area (Å²) in [6.07, 6.45) is 0. The molecular weight excluding hydrogens is 266 g/mol. The molecule has 0 spiro atoms. The molecule has 2 aromatic rings. The quantitative estimate of drug-likeness (QED) is 0.857. The number of amides is 1. The molecule has 0 aromatic heterocycles. The molecule has 0 radical (unpaired) electrons. The summed E-state index contributed by atoms with van der Waals surface area (Å²) in [5.41, 5.74) is 2.49. The van der Waals surface area contributed by atoms with E-state index in [1.807, 2.05) is 31.2 Å². The van der Waals surface area contributed by atoms with E-state index in [0.29, 0.717) is 11.3 Å². The van der Waals surface area contributed by atoms with Gasteiger partial charge in [-0.1, -0.05) is 17.7 Å². The predicted octanol–water partition coefficient (Wildman–Crippen LogP) is 3.22. The molecule has 0 bridgehead atoms. The van der Waals surface area contributed by atoms with Gasteiger partial charge < -0.3 is 10.1 Å². The zero-order valence-corrected chi connectivity index (χ0v) is 12.1. The molecular formula is C17H17NO3. The second kappa shape index (κ2) is 6.70. The van der Waals surface area contributed by atoms with Gasteiger partial charge in [0.05, 0.1) is 0 Å². The summed E-state index contributed by atoms with van der Waals surface area (Å²) >= 11 is 0. The molecule has 0 saturated heterocycles. The van der Waals surface area contributed by atoms with Crippen LogP contribution in [0.15, 0.2) is 48.5 Å². The molecule has 2 rings (SSSR count). The van der Waals surface area contributed by atoms with Crippen LogP contribution in [0.1, 0.15) is 22.8 Å². The summed E-state index contributed by atoms with van der Waals surface area (Å²) < 4.78 is 5.38. The highest BCUT2D eigenvalue weighted by atomic mass is 16.5. The van der Waals surface area contributed by atoms with Crippen LogP contribution in [0.2, 0.25) is 0 Å². The zero-order chi connectivity index (χ0) is 15.2. The maximum atomic E-state index is 11.8. The Kier molecular flexibility index (Phi) is 4.72. The summed E-state index contributed by atoms with van der Waals surface area (Å²) in [6, 6.07) is 14.2. The van der Waals surface area contributed by atoms with Crippen molar-refractivity contribution in [2.75, 3.05) is 11.9 Å². The minimum atomic E-state index is -0.227. The number of rotatable bonds is 5. The van der Waals surface area contributed by atoms with Crippen LogP contribution in [0.25, 0.3) is 0 Å². The van der Waals surface area contributed by atoms with E-state index in [1.54, 1.807) is 24.3 Å². The average molecular weight is 283 g/mol. The van der Waals surface area contributed by atoms with Crippen molar-refractivity contribution in [2.45, 2.75) is 13.8 Å². The van der Waals surface area contributed by atoms with E-state index in [9.17, 15) is 9.59 Å². The number of carbonyl (C=O) groups is 2. The fraction of sp³-hybridized carbons (Fsp3) is 0.176. The van der Waals surface area contributed by atoms with Crippen LogP contribution in [-0.2, 0) is 4.79 Å². The summed E-state index contributed by atoms with van der Waals surface area (Å²) in [5.74, 6) is 0.326. The molecule has 4 nitrogen and oxygen atoms in total. The Bertz CT molecular complexity index is 630. The number of nitrogens with one attached hydrogen (secondary N) is 1. The molecule has 0 unspecified atom stereocenters. The number of hydrogen-bond acceptors (Lipinski definition) is 3. The van der Waals surface area contributed by atoms with Crippen molar-refractivity contribution in [3.05, 3.63) is 59.7 Å². The van der Waals surface area contributed by atoms with E-state index < -0.39 is 0 Å². The summed E-state index contributed by atoms with van der Waals surface area (Å²) in [7, 11) is 0. The molecule has 1 N–H and O–H groups in total. The smallest absolute Gasteiger partial charge is 0.262 e. The third-order valence-corrected chi connectivity index (χ3v) is 2.97. The van der Waals surface area contributed by atoms with Gasteiger partial charge in [-0.2, -0.15) is 0 Å². The van der Waals surface area contributed by atoms with Gasteiger partial charge in [-0.3, -0.25) is 9.59 Å². The first-order valence-corrected chi connectivity index (χ1v) is 6.65. The number of ketones is 1. The number of hydrogen-bond donors (Lipinski definition) is 1. The molecule has 4 heteroatoms. The molecule has 1 amide bonds. The van der Waals surface area contributed by atoms with Gasteiger partial charge >= 0.3 is 0 Å². The van der Waals surface area contributed by atoms with Gasteiger partial charge in [-0.05, 0) is 50.2 Å². The van der Waals surface area contributed by atoms with Gasteiger partial charge in [-0.25, -0.2) is 0 Å². The third-order valence-electron chi connectivity index (χ3n) is 2.97. The Morgan fingerprint density at radius 3 is 2.19 bits per heavy atom. The molecule has 0 aliphatic rings. The highest BCUT2D eigenvalue weighted by molar-refractivity contribution is 5.94. The lowest BCUT2D eigenvalue weighted by Crippen LogP contribution is -2.20. The van der Waals surface area contributed by atoms with Crippen molar-refractivity contribution >= 4 is 17.4 Å². The molecule has 108 valence electrons. The van der Waals surface area contributed by atoms with Gasteiger partial charge in [0.2, 0.25) is 0 Å². The van der Waals surface area contributed by atoms with Crippen molar-refractivity contribution in [3.8, 4) is 5.75 Å². The minimum Gasteiger partial charge on any atom is -0.484 e. The largest absolute Gasteiger partial charge is 0.484 e. The first-order valence-electron chi connectivity index (χ1n) is 6.65.